The van der Waals surface area contributed by atoms with Crippen LogP contribution < -0.4 is 10.2 Å². The van der Waals surface area contributed by atoms with Gasteiger partial charge in [-0.3, -0.25) is 0 Å². The van der Waals surface area contributed by atoms with Crippen molar-refractivity contribution in [3.63, 3.8) is 0 Å². The Morgan fingerprint density at radius 2 is 1.97 bits per heavy atom. The summed E-state index contributed by atoms with van der Waals surface area (Å²) in [5.74, 6) is 2.15. The number of rotatable bonds is 5. The maximum atomic E-state index is 5.61. The lowest BCUT2D eigenvalue weighted by molar-refractivity contribution is 0.533. The van der Waals surface area contributed by atoms with Gasteiger partial charge in [-0.25, -0.2) is 9.97 Å². The lowest BCUT2D eigenvalue weighted by Gasteiger charge is -2.23. The van der Waals surface area contributed by atoms with Crippen molar-refractivity contribution in [1.82, 2.24) is 20.2 Å². The lowest BCUT2D eigenvalue weighted by atomic mass is 10.0. The van der Waals surface area contributed by atoms with Gasteiger partial charge in [-0.15, -0.1) is 10.2 Å². The van der Waals surface area contributed by atoms with E-state index in [0.29, 0.717) is 30.2 Å². The Hall–Kier alpha value is -3.74. The molecule has 0 spiro atoms. The maximum absolute atomic E-state index is 5.61. The number of nitrogens with one attached hydrogen (secondary N) is 1. The topological polar surface area (TPSA) is 80.0 Å². The molecule has 0 bridgehead atoms. The molecule has 1 aliphatic rings. The van der Waals surface area contributed by atoms with Gasteiger partial charge in [0.2, 0.25) is 17.7 Å². The minimum absolute atomic E-state index is 0.358. The van der Waals surface area contributed by atoms with Crippen molar-refractivity contribution in [2.75, 3.05) is 16.8 Å². The van der Waals surface area contributed by atoms with Crippen LogP contribution in [0.5, 0.6) is 0 Å². The molecule has 7 heteroatoms. The van der Waals surface area contributed by atoms with E-state index in [4.69, 9.17) is 9.40 Å². The van der Waals surface area contributed by atoms with E-state index in [1.54, 1.807) is 6.92 Å². The molecule has 1 aliphatic heterocycles. The Bertz CT molecular complexity index is 1210. The number of anilines is 2. The highest BCUT2D eigenvalue weighted by atomic mass is 16.4. The maximum Gasteiger partial charge on any atom is 0.247 e. The molecule has 5 rings (SSSR count). The van der Waals surface area contributed by atoms with Crippen molar-refractivity contribution in [1.29, 1.82) is 0 Å². The molecule has 1 unspecified atom stereocenters. The molecule has 4 aromatic rings. The second-order valence-electron chi connectivity index (χ2n) is 8.23. The number of nitrogens with zero attached hydrogens (tertiary/aromatic N) is 5. The van der Waals surface area contributed by atoms with E-state index in [1.807, 2.05) is 36.5 Å². The smallest absolute Gasteiger partial charge is 0.247 e. The molecule has 2 aromatic heterocycles. The molecule has 0 saturated heterocycles. The molecule has 0 aliphatic carbocycles. The van der Waals surface area contributed by atoms with Gasteiger partial charge >= 0.3 is 0 Å². The van der Waals surface area contributed by atoms with Crippen LogP contribution >= 0.6 is 0 Å². The third-order valence-electron chi connectivity index (χ3n) is 5.84. The third kappa shape index (κ3) is 4.32. The molecular formula is C25H26N6O. The quantitative estimate of drug-likeness (QED) is 0.483. The third-order valence-corrected chi connectivity index (χ3v) is 5.84. The summed E-state index contributed by atoms with van der Waals surface area (Å²) in [6.45, 7) is 6.47. The number of aromatic nitrogens is 4. The molecule has 0 fully saturated rings. The zero-order chi connectivity index (χ0) is 21.9. The van der Waals surface area contributed by atoms with Gasteiger partial charge in [0.1, 0.15) is 0 Å². The van der Waals surface area contributed by atoms with Crippen LogP contribution in [-0.4, -0.2) is 26.7 Å². The summed E-state index contributed by atoms with van der Waals surface area (Å²) in [4.78, 5) is 11.9. The predicted octanol–water partition coefficient (Wildman–Crippen LogP) is 4.96. The summed E-state index contributed by atoms with van der Waals surface area (Å²) < 4.78 is 5.61. The summed E-state index contributed by atoms with van der Waals surface area (Å²) in [7, 11) is 0. The zero-order valence-corrected chi connectivity index (χ0v) is 18.3. The fourth-order valence-corrected chi connectivity index (χ4v) is 4.07. The molecule has 1 N–H and O–H groups in total. The number of fused-ring (bicyclic) bond motifs is 1. The minimum Gasteiger partial charge on any atom is -0.421 e. The van der Waals surface area contributed by atoms with Crippen LogP contribution in [0.3, 0.4) is 0 Å². The van der Waals surface area contributed by atoms with Gasteiger partial charge in [-0.05, 0) is 30.2 Å². The zero-order valence-electron chi connectivity index (χ0n) is 18.3. The van der Waals surface area contributed by atoms with Crippen LogP contribution in [0.4, 0.5) is 11.6 Å². The second kappa shape index (κ2) is 8.78. The Morgan fingerprint density at radius 1 is 1.09 bits per heavy atom. The van der Waals surface area contributed by atoms with E-state index < -0.39 is 0 Å². The van der Waals surface area contributed by atoms with E-state index in [-0.39, 0.29) is 0 Å². The van der Waals surface area contributed by atoms with Crippen molar-refractivity contribution in [3.05, 3.63) is 83.5 Å². The molecule has 3 heterocycles. The number of hydrogen-bond acceptors (Lipinski definition) is 7. The van der Waals surface area contributed by atoms with E-state index >= 15 is 0 Å². The van der Waals surface area contributed by atoms with Crippen molar-refractivity contribution in [2.45, 2.75) is 39.3 Å². The SMILES string of the molecule is Cc1nnc(-c2cccc(N3CCC(C)c4nc(NCc5ccccc5)ncc4C3)c2)o1. The van der Waals surface area contributed by atoms with E-state index in [1.165, 1.54) is 11.1 Å². The lowest BCUT2D eigenvalue weighted by Crippen LogP contribution is -2.22. The van der Waals surface area contributed by atoms with Crippen LogP contribution in [-0.2, 0) is 13.1 Å². The average molecular weight is 427 g/mol. The molecule has 0 saturated carbocycles. The predicted molar refractivity (Wildman–Crippen MR) is 124 cm³/mol. The molecular weight excluding hydrogens is 400 g/mol. The van der Waals surface area contributed by atoms with Gasteiger partial charge in [-0.2, -0.15) is 0 Å². The summed E-state index contributed by atoms with van der Waals surface area (Å²) >= 11 is 0. The Kier molecular flexibility index (Phi) is 5.54. The van der Waals surface area contributed by atoms with Crippen LogP contribution in [0.1, 0.15) is 42.0 Å². The van der Waals surface area contributed by atoms with E-state index in [9.17, 15) is 0 Å². The molecule has 1 atom stereocenters. The summed E-state index contributed by atoms with van der Waals surface area (Å²) in [6, 6.07) is 18.6. The van der Waals surface area contributed by atoms with Gasteiger partial charge in [0.25, 0.3) is 0 Å². The van der Waals surface area contributed by atoms with Crippen molar-refractivity contribution < 1.29 is 4.42 Å². The van der Waals surface area contributed by atoms with Crippen LogP contribution in [0.25, 0.3) is 11.5 Å². The Morgan fingerprint density at radius 3 is 2.78 bits per heavy atom. The van der Waals surface area contributed by atoms with Gasteiger partial charge in [0, 0.05) is 55.5 Å². The van der Waals surface area contributed by atoms with Crippen molar-refractivity contribution in [2.24, 2.45) is 0 Å². The first-order valence-corrected chi connectivity index (χ1v) is 10.9. The standard InChI is InChI=1S/C25H26N6O/c1-17-11-12-31(22-10-6-9-20(13-22)24-30-29-18(2)32-24)16-21-15-27-25(28-23(17)21)26-14-19-7-4-3-5-8-19/h3-10,13,15,17H,11-12,14,16H2,1-2H3,(H,26,27,28). The molecule has 0 amide bonds. The Balaban J connectivity index is 1.36. The highest BCUT2D eigenvalue weighted by Gasteiger charge is 2.22. The minimum atomic E-state index is 0.358. The molecule has 2 aromatic carbocycles. The molecule has 162 valence electrons. The first kappa shape index (κ1) is 20.2. The molecule has 0 radical (unpaired) electrons. The van der Waals surface area contributed by atoms with Crippen LogP contribution in [0, 0.1) is 6.92 Å². The van der Waals surface area contributed by atoms with Gasteiger partial charge < -0.3 is 14.6 Å². The van der Waals surface area contributed by atoms with Crippen LogP contribution in [0.15, 0.2) is 65.2 Å². The van der Waals surface area contributed by atoms with Crippen molar-refractivity contribution >= 4 is 11.6 Å². The van der Waals surface area contributed by atoms with E-state index in [0.717, 1.165) is 36.5 Å². The van der Waals surface area contributed by atoms with E-state index in [2.05, 4.69) is 56.6 Å². The first-order valence-electron chi connectivity index (χ1n) is 10.9. The summed E-state index contributed by atoms with van der Waals surface area (Å²) in [5, 5.41) is 11.5. The number of hydrogen-bond donors (Lipinski definition) is 1. The van der Waals surface area contributed by atoms with Crippen LogP contribution in [0.2, 0.25) is 0 Å². The fourth-order valence-electron chi connectivity index (χ4n) is 4.07. The summed E-state index contributed by atoms with van der Waals surface area (Å²) in [6.07, 6.45) is 2.99. The van der Waals surface area contributed by atoms with Gasteiger partial charge in [0.15, 0.2) is 0 Å². The highest BCUT2D eigenvalue weighted by Crippen LogP contribution is 2.31. The molecule has 7 nitrogen and oxygen atoms in total. The summed E-state index contributed by atoms with van der Waals surface area (Å²) in [5.41, 5.74) is 5.56. The largest absolute Gasteiger partial charge is 0.421 e. The molecule has 32 heavy (non-hydrogen) atoms. The van der Waals surface area contributed by atoms with Gasteiger partial charge in [-0.1, -0.05) is 43.3 Å². The second-order valence-corrected chi connectivity index (χ2v) is 8.23. The monoisotopic (exact) mass is 426 g/mol. The average Bonchev–Trinajstić information content (AvgIpc) is 3.20. The first-order chi connectivity index (χ1) is 15.7. The number of benzene rings is 2. The highest BCUT2D eigenvalue weighted by molar-refractivity contribution is 5.62. The normalized spacial score (nSPS) is 15.8. The van der Waals surface area contributed by atoms with Gasteiger partial charge in [0.05, 0.1) is 5.69 Å². The fraction of sp³-hybridized carbons (Fsp3) is 0.280. The number of aryl methyl sites for hydroxylation is 1. The van der Waals surface area contributed by atoms with Crippen molar-refractivity contribution in [3.8, 4) is 11.5 Å². The Labute approximate surface area is 187 Å².